The smallest absolute Gasteiger partial charge is 0.287 e. The van der Waals surface area contributed by atoms with E-state index >= 15 is 0 Å². The maximum atomic E-state index is 13.2. The van der Waals surface area contributed by atoms with Crippen LogP contribution in [0.2, 0.25) is 0 Å². The van der Waals surface area contributed by atoms with Crippen LogP contribution in [0.3, 0.4) is 0 Å². The molecule has 0 aromatic heterocycles. The second-order valence-electron chi connectivity index (χ2n) is 6.89. The molecule has 3 rings (SSSR count). The number of ether oxygens (including phenoxy) is 2. The first kappa shape index (κ1) is 18.4. The number of amides is 1. The lowest BCUT2D eigenvalue weighted by molar-refractivity contribution is -0.936. The minimum Gasteiger partial charge on any atom is -0.497 e. The monoisotopic (exact) mass is 355 g/mol. The van der Waals surface area contributed by atoms with E-state index in [0.29, 0.717) is 0 Å². The maximum absolute atomic E-state index is 13.2. The van der Waals surface area contributed by atoms with Crippen LogP contribution < -0.4 is 15.0 Å². The number of carbonyl (C=O) groups is 1. The molecule has 1 heterocycles. The van der Waals surface area contributed by atoms with Gasteiger partial charge >= 0.3 is 0 Å². The molecule has 4 atom stereocenters. The van der Waals surface area contributed by atoms with E-state index in [0.717, 1.165) is 30.1 Å². The van der Waals surface area contributed by atoms with E-state index in [2.05, 4.69) is 19.2 Å². The number of benzene rings is 2. The Morgan fingerprint density at radius 1 is 1.12 bits per heavy atom. The predicted octanol–water partition coefficient (Wildman–Crippen LogP) is 2.07. The van der Waals surface area contributed by atoms with Gasteiger partial charge in [-0.3, -0.25) is 4.79 Å². The molecule has 26 heavy (non-hydrogen) atoms. The number of rotatable bonds is 5. The molecule has 0 spiro atoms. The average Bonchev–Trinajstić information content (AvgIpc) is 2.62. The van der Waals surface area contributed by atoms with Crippen molar-refractivity contribution in [3.8, 4) is 5.75 Å². The van der Waals surface area contributed by atoms with Gasteiger partial charge in [0, 0.05) is 17.3 Å². The normalized spacial score (nSPS) is 23.9. The Balaban J connectivity index is 1.86. The molecule has 1 unspecified atom stereocenters. The summed E-state index contributed by atoms with van der Waals surface area (Å²) in [4.78, 5) is 14.4. The first-order valence-corrected chi connectivity index (χ1v) is 9.06. The van der Waals surface area contributed by atoms with Crippen LogP contribution in [0, 0.1) is 0 Å². The second kappa shape index (κ2) is 8.34. The summed E-state index contributed by atoms with van der Waals surface area (Å²) in [5.74, 6) is 0.709. The summed E-state index contributed by atoms with van der Waals surface area (Å²) in [6.45, 7) is 5.74. The summed E-state index contributed by atoms with van der Waals surface area (Å²) in [6, 6.07) is 17.1. The summed E-state index contributed by atoms with van der Waals surface area (Å²) < 4.78 is 11.1. The summed E-state index contributed by atoms with van der Waals surface area (Å²) in [5.41, 5.74) is 1.76. The van der Waals surface area contributed by atoms with E-state index in [4.69, 9.17) is 9.47 Å². The van der Waals surface area contributed by atoms with Crippen molar-refractivity contribution < 1.29 is 19.2 Å². The first-order chi connectivity index (χ1) is 12.6. The molecule has 2 aromatic rings. The van der Waals surface area contributed by atoms with Crippen LogP contribution >= 0.6 is 0 Å². The van der Waals surface area contributed by atoms with Gasteiger partial charge in [0.05, 0.1) is 7.11 Å². The van der Waals surface area contributed by atoms with Crippen molar-refractivity contribution in [2.45, 2.75) is 32.1 Å². The van der Waals surface area contributed by atoms with Gasteiger partial charge in [0.25, 0.3) is 5.91 Å². The SMILES string of the molecule is COc1cccc(NC(=O)[C@H](c2ccccc2)[NH+]2C[C@@H](C)O[C@@H](C)C2)c1. The third kappa shape index (κ3) is 4.42. The number of carbonyl (C=O) groups excluding carboxylic acids is 1. The van der Waals surface area contributed by atoms with Crippen LogP contribution in [-0.2, 0) is 9.53 Å². The van der Waals surface area contributed by atoms with Gasteiger partial charge in [0.15, 0.2) is 6.04 Å². The highest BCUT2D eigenvalue weighted by Crippen LogP contribution is 2.19. The van der Waals surface area contributed by atoms with Gasteiger partial charge in [-0.15, -0.1) is 0 Å². The highest BCUT2D eigenvalue weighted by atomic mass is 16.5. The number of anilines is 1. The second-order valence-corrected chi connectivity index (χ2v) is 6.89. The average molecular weight is 355 g/mol. The predicted molar refractivity (Wildman–Crippen MR) is 102 cm³/mol. The largest absolute Gasteiger partial charge is 0.497 e. The van der Waals surface area contributed by atoms with Crippen molar-refractivity contribution in [3.63, 3.8) is 0 Å². The quantitative estimate of drug-likeness (QED) is 0.863. The third-order valence-electron chi connectivity index (χ3n) is 4.70. The Morgan fingerprint density at radius 2 is 1.81 bits per heavy atom. The molecule has 5 heteroatoms. The number of quaternary nitrogens is 1. The van der Waals surface area contributed by atoms with Gasteiger partial charge in [-0.25, -0.2) is 0 Å². The minimum absolute atomic E-state index is 0.0132. The lowest BCUT2D eigenvalue weighted by Crippen LogP contribution is -3.16. The van der Waals surface area contributed by atoms with Crippen LogP contribution in [-0.4, -0.2) is 38.3 Å². The Morgan fingerprint density at radius 3 is 2.46 bits per heavy atom. The first-order valence-electron chi connectivity index (χ1n) is 9.06. The molecule has 1 aliphatic heterocycles. The molecule has 0 aliphatic carbocycles. The van der Waals surface area contributed by atoms with E-state index < -0.39 is 0 Å². The maximum Gasteiger partial charge on any atom is 0.287 e. The molecule has 0 bridgehead atoms. The van der Waals surface area contributed by atoms with Gasteiger partial charge < -0.3 is 19.7 Å². The Bertz CT molecular complexity index is 725. The molecular weight excluding hydrogens is 328 g/mol. The molecular formula is C21H27N2O3+. The van der Waals surface area contributed by atoms with E-state index in [-0.39, 0.29) is 24.2 Å². The fraction of sp³-hybridized carbons (Fsp3) is 0.381. The van der Waals surface area contributed by atoms with Gasteiger partial charge in [-0.05, 0) is 26.0 Å². The van der Waals surface area contributed by atoms with E-state index in [1.54, 1.807) is 7.11 Å². The standard InChI is InChI=1S/C21H26N2O3/c1-15-13-23(14-16(2)26-15)20(17-8-5-4-6-9-17)21(24)22-18-10-7-11-19(12-18)25-3/h4-12,15-16,20H,13-14H2,1-3H3,(H,22,24)/p+1/t15-,16+,20-/m0/s1. The van der Waals surface area contributed by atoms with Gasteiger partial charge in [0.1, 0.15) is 31.0 Å². The van der Waals surface area contributed by atoms with Gasteiger partial charge in [0.2, 0.25) is 0 Å². The fourth-order valence-corrected chi connectivity index (χ4v) is 3.68. The Hall–Kier alpha value is -2.37. The zero-order valence-electron chi connectivity index (χ0n) is 15.6. The van der Waals surface area contributed by atoms with Crippen molar-refractivity contribution >= 4 is 11.6 Å². The number of hydrogen-bond donors (Lipinski definition) is 2. The van der Waals surface area contributed by atoms with Crippen LogP contribution in [0.5, 0.6) is 5.75 Å². The Kier molecular flexibility index (Phi) is 5.91. The molecule has 1 fully saturated rings. The lowest BCUT2D eigenvalue weighted by Gasteiger charge is -2.36. The lowest BCUT2D eigenvalue weighted by atomic mass is 10.0. The van der Waals surface area contributed by atoms with Gasteiger partial charge in [-0.1, -0.05) is 36.4 Å². The van der Waals surface area contributed by atoms with E-state index in [1.807, 2.05) is 54.6 Å². The van der Waals surface area contributed by atoms with Crippen LogP contribution in [0.25, 0.3) is 0 Å². The van der Waals surface area contributed by atoms with Crippen LogP contribution in [0.4, 0.5) is 5.69 Å². The zero-order valence-corrected chi connectivity index (χ0v) is 15.6. The van der Waals surface area contributed by atoms with Crippen LogP contribution in [0.1, 0.15) is 25.5 Å². The molecule has 2 aromatic carbocycles. The molecule has 0 radical (unpaired) electrons. The molecule has 1 amide bonds. The fourth-order valence-electron chi connectivity index (χ4n) is 3.68. The molecule has 138 valence electrons. The molecule has 5 nitrogen and oxygen atoms in total. The summed E-state index contributed by atoms with van der Waals surface area (Å²) >= 11 is 0. The van der Waals surface area contributed by atoms with Gasteiger partial charge in [-0.2, -0.15) is 0 Å². The summed E-state index contributed by atoms with van der Waals surface area (Å²) in [7, 11) is 1.62. The Labute approximate surface area is 154 Å². The van der Waals surface area contributed by atoms with Crippen molar-refractivity contribution in [1.29, 1.82) is 0 Å². The van der Waals surface area contributed by atoms with E-state index in [1.165, 1.54) is 4.90 Å². The van der Waals surface area contributed by atoms with Crippen molar-refractivity contribution in [2.24, 2.45) is 0 Å². The highest BCUT2D eigenvalue weighted by molar-refractivity contribution is 5.94. The zero-order chi connectivity index (χ0) is 18.5. The molecule has 1 saturated heterocycles. The number of methoxy groups -OCH3 is 1. The molecule has 2 N–H and O–H groups in total. The third-order valence-corrected chi connectivity index (χ3v) is 4.70. The molecule has 1 aliphatic rings. The highest BCUT2D eigenvalue weighted by Gasteiger charge is 2.37. The summed E-state index contributed by atoms with van der Waals surface area (Å²) in [6.07, 6.45) is 0.258. The van der Waals surface area contributed by atoms with Crippen molar-refractivity contribution in [1.82, 2.24) is 0 Å². The topological polar surface area (TPSA) is 52.0 Å². The summed E-state index contributed by atoms with van der Waals surface area (Å²) in [5, 5.41) is 3.06. The number of nitrogens with one attached hydrogen (secondary N) is 2. The number of hydrogen-bond acceptors (Lipinski definition) is 3. The minimum atomic E-state index is -0.281. The molecule has 0 saturated carbocycles. The van der Waals surface area contributed by atoms with Crippen LogP contribution in [0.15, 0.2) is 54.6 Å². The van der Waals surface area contributed by atoms with Crippen molar-refractivity contribution in [3.05, 3.63) is 60.2 Å². The van der Waals surface area contributed by atoms with E-state index in [9.17, 15) is 4.79 Å². The van der Waals surface area contributed by atoms with Crippen molar-refractivity contribution in [2.75, 3.05) is 25.5 Å². The number of morpholine rings is 1.